The van der Waals surface area contributed by atoms with Crippen molar-refractivity contribution in [3.8, 4) is 0 Å². The molecule has 0 aliphatic heterocycles. The molecule has 1 aromatic carbocycles. The molecule has 3 heteroatoms. The second-order valence-electron chi connectivity index (χ2n) is 4.65. The summed E-state index contributed by atoms with van der Waals surface area (Å²) in [6, 6.07) is 4.75. The van der Waals surface area contributed by atoms with Gasteiger partial charge >= 0.3 is 0 Å². The van der Waals surface area contributed by atoms with Crippen LogP contribution in [0.2, 0.25) is 0 Å². The van der Waals surface area contributed by atoms with Gasteiger partial charge in [-0.2, -0.15) is 0 Å². The number of nitrogens with zero attached hydrogens (tertiary/aromatic N) is 1. The highest BCUT2D eigenvalue weighted by Gasteiger charge is 2.19. The van der Waals surface area contributed by atoms with Crippen molar-refractivity contribution < 1.29 is 9.50 Å². The second kappa shape index (κ2) is 4.83. The van der Waals surface area contributed by atoms with E-state index in [1.54, 1.807) is 0 Å². The van der Waals surface area contributed by atoms with Crippen LogP contribution in [0.25, 0.3) is 0 Å². The summed E-state index contributed by atoms with van der Waals surface area (Å²) in [6.45, 7) is 0.871. The maximum atomic E-state index is 13.3. The summed E-state index contributed by atoms with van der Waals surface area (Å²) < 4.78 is 13.3. The van der Waals surface area contributed by atoms with E-state index in [1.165, 1.54) is 31.4 Å². The fraction of sp³-hybridized carbons (Fsp3) is 0.538. The molecule has 1 N–H and O–H groups in total. The molecule has 0 heterocycles. The first-order valence-corrected chi connectivity index (χ1v) is 5.80. The van der Waals surface area contributed by atoms with Crippen molar-refractivity contribution in [3.05, 3.63) is 29.6 Å². The van der Waals surface area contributed by atoms with Crippen LogP contribution in [-0.2, 0) is 6.61 Å². The number of hydrogen-bond donors (Lipinski definition) is 1. The van der Waals surface area contributed by atoms with Crippen molar-refractivity contribution in [1.82, 2.24) is 0 Å². The maximum Gasteiger partial charge on any atom is 0.125 e. The van der Waals surface area contributed by atoms with Gasteiger partial charge in [0.05, 0.1) is 6.61 Å². The van der Waals surface area contributed by atoms with E-state index in [9.17, 15) is 4.39 Å². The van der Waals surface area contributed by atoms with E-state index >= 15 is 0 Å². The zero-order chi connectivity index (χ0) is 11.5. The Bertz CT molecular complexity index is 363. The SMILES string of the molecule is CN(CC1CCC1)c1cc(F)cc(CO)c1. The van der Waals surface area contributed by atoms with Crippen LogP contribution in [-0.4, -0.2) is 18.7 Å². The van der Waals surface area contributed by atoms with Gasteiger partial charge in [-0.1, -0.05) is 6.42 Å². The first-order chi connectivity index (χ1) is 7.69. The summed E-state index contributed by atoms with van der Waals surface area (Å²) in [7, 11) is 1.98. The van der Waals surface area contributed by atoms with Gasteiger partial charge < -0.3 is 10.0 Å². The van der Waals surface area contributed by atoms with Crippen LogP contribution >= 0.6 is 0 Å². The maximum absolute atomic E-state index is 13.3. The van der Waals surface area contributed by atoms with Gasteiger partial charge in [-0.05, 0) is 42.5 Å². The molecule has 0 atom stereocenters. The summed E-state index contributed by atoms with van der Waals surface area (Å²) in [5.74, 6) is 0.479. The number of aliphatic hydroxyl groups is 1. The molecule has 1 aromatic rings. The lowest BCUT2D eigenvalue weighted by Gasteiger charge is -2.31. The quantitative estimate of drug-likeness (QED) is 0.848. The van der Waals surface area contributed by atoms with Crippen LogP contribution in [0.15, 0.2) is 18.2 Å². The van der Waals surface area contributed by atoms with Gasteiger partial charge in [0.15, 0.2) is 0 Å². The number of rotatable bonds is 4. The Morgan fingerprint density at radius 1 is 1.38 bits per heavy atom. The van der Waals surface area contributed by atoms with Gasteiger partial charge in [0.2, 0.25) is 0 Å². The number of halogens is 1. The molecule has 1 aliphatic rings. The Morgan fingerprint density at radius 3 is 2.69 bits per heavy atom. The first kappa shape index (κ1) is 11.4. The second-order valence-corrected chi connectivity index (χ2v) is 4.65. The van der Waals surface area contributed by atoms with Crippen LogP contribution in [0.5, 0.6) is 0 Å². The third-order valence-corrected chi connectivity index (χ3v) is 3.32. The van der Waals surface area contributed by atoms with Crippen molar-refractivity contribution >= 4 is 5.69 Å². The Hall–Kier alpha value is -1.09. The predicted octanol–water partition coefficient (Wildman–Crippen LogP) is 2.55. The molecule has 1 fully saturated rings. The molecular weight excluding hydrogens is 205 g/mol. The van der Waals surface area contributed by atoms with Gasteiger partial charge in [0.25, 0.3) is 0 Å². The molecule has 0 bridgehead atoms. The minimum atomic E-state index is -0.276. The van der Waals surface area contributed by atoms with Crippen LogP contribution in [0, 0.1) is 11.7 Å². The Labute approximate surface area is 95.7 Å². The number of benzene rings is 1. The van der Waals surface area contributed by atoms with Crippen molar-refractivity contribution in [2.75, 3.05) is 18.5 Å². The molecule has 0 unspecified atom stereocenters. The zero-order valence-corrected chi connectivity index (χ0v) is 9.62. The molecule has 0 saturated heterocycles. The van der Waals surface area contributed by atoms with Gasteiger partial charge in [-0.3, -0.25) is 0 Å². The lowest BCUT2D eigenvalue weighted by Crippen LogP contribution is -2.29. The van der Waals surface area contributed by atoms with Crippen LogP contribution in [0.1, 0.15) is 24.8 Å². The molecule has 1 aliphatic carbocycles. The van der Waals surface area contributed by atoms with Crippen molar-refractivity contribution in [2.24, 2.45) is 5.92 Å². The van der Waals surface area contributed by atoms with Crippen LogP contribution in [0.3, 0.4) is 0 Å². The summed E-state index contributed by atoms with van der Waals surface area (Å²) in [4.78, 5) is 2.08. The fourth-order valence-electron chi connectivity index (χ4n) is 2.11. The fourth-order valence-corrected chi connectivity index (χ4v) is 2.11. The van der Waals surface area contributed by atoms with E-state index in [0.29, 0.717) is 5.56 Å². The third kappa shape index (κ3) is 2.53. The smallest absolute Gasteiger partial charge is 0.125 e. The lowest BCUT2D eigenvalue weighted by atomic mass is 9.85. The first-order valence-electron chi connectivity index (χ1n) is 5.80. The Balaban J connectivity index is 2.08. The number of hydrogen-bond acceptors (Lipinski definition) is 2. The predicted molar refractivity (Wildman–Crippen MR) is 62.9 cm³/mol. The van der Waals surface area contributed by atoms with Gasteiger partial charge in [0, 0.05) is 19.3 Å². The van der Waals surface area contributed by atoms with Crippen molar-refractivity contribution in [3.63, 3.8) is 0 Å². The third-order valence-electron chi connectivity index (χ3n) is 3.32. The Morgan fingerprint density at radius 2 is 2.12 bits per heavy atom. The molecule has 2 rings (SSSR count). The average Bonchev–Trinajstić information content (AvgIpc) is 2.22. The van der Waals surface area contributed by atoms with Gasteiger partial charge in [-0.15, -0.1) is 0 Å². The largest absolute Gasteiger partial charge is 0.392 e. The van der Waals surface area contributed by atoms with E-state index in [0.717, 1.165) is 18.2 Å². The van der Waals surface area contributed by atoms with E-state index in [4.69, 9.17) is 5.11 Å². The van der Waals surface area contributed by atoms with E-state index < -0.39 is 0 Å². The van der Waals surface area contributed by atoms with Gasteiger partial charge in [0.1, 0.15) is 5.82 Å². The zero-order valence-electron chi connectivity index (χ0n) is 9.62. The highest BCUT2D eigenvalue weighted by molar-refractivity contribution is 5.48. The molecule has 88 valence electrons. The molecule has 0 spiro atoms. The van der Waals surface area contributed by atoms with E-state index in [-0.39, 0.29) is 12.4 Å². The van der Waals surface area contributed by atoms with E-state index in [1.807, 2.05) is 13.1 Å². The lowest BCUT2D eigenvalue weighted by molar-refractivity contribution is 0.281. The molecule has 16 heavy (non-hydrogen) atoms. The molecule has 2 nitrogen and oxygen atoms in total. The van der Waals surface area contributed by atoms with E-state index in [2.05, 4.69) is 4.90 Å². The molecule has 0 amide bonds. The highest BCUT2D eigenvalue weighted by Crippen LogP contribution is 2.28. The normalized spacial score (nSPS) is 15.9. The van der Waals surface area contributed by atoms with Crippen LogP contribution < -0.4 is 4.90 Å². The molecule has 0 aromatic heterocycles. The monoisotopic (exact) mass is 223 g/mol. The summed E-state index contributed by atoms with van der Waals surface area (Å²) >= 11 is 0. The highest BCUT2D eigenvalue weighted by atomic mass is 19.1. The number of anilines is 1. The standard InChI is InChI=1S/C13H18FNO/c1-15(8-10-3-2-4-10)13-6-11(9-16)5-12(14)7-13/h5-7,10,16H,2-4,8-9H2,1H3. The minimum absolute atomic E-state index is 0.109. The van der Waals surface area contributed by atoms with Gasteiger partial charge in [-0.25, -0.2) is 4.39 Å². The summed E-state index contributed by atoms with van der Waals surface area (Å²) in [5.41, 5.74) is 1.49. The molecule has 0 radical (unpaired) electrons. The summed E-state index contributed by atoms with van der Waals surface area (Å²) in [5, 5.41) is 9.02. The van der Waals surface area contributed by atoms with Crippen molar-refractivity contribution in [1.29, 1.82) is 0 Å². The topological polar surface area (TPSA) is 23.5 Å². The average molecular weight is 223 g/mol. The number of aliphatic hydroxyl groups excluding tert-OH is 1. The molecule has 1 saturated carbocycles. The van der Waals surface area contributed by atoms with Crippen molar-refractivity contribution in [2.45, 2.75) is 25.9 Å². The minimum Gasteiger partial charge on any atom is -0.392 e. The Kier molecular flexibility index (Phi) is 3.44. The summed E-state index contributed by atoms with van der Waals surface area (Å²) in [6.07, 6.45) is 3.89. The van der Waals surface area contributed by atoms with Crippen LogP contribution in [0.4, 0.5) is 10.1 Å². The molecular formula is C13H18FNO.